The molecule has 3 heterocycles. The summed E-state index contributed by atoms with van der Waals surface area (Å²) < 4.78 is 17.9. The van der Waals surface area contributed by atoms with Crippen LogP contribution in [0.15, 0.2) is 46.1 Å². The van der Waals surface area contributed by atoms with Crippen molar-refractivity contribution in [3.8, 4) is 11.5 Å². The first kappa shape index (κ1) is 15.8. The predicted octanol–water partition coefficient (Wildman–Crippen LogP) is 4.74. The molecule has 0 amide bonds. The molecule has 0 N–H and O–H groups in total. The van der Waals surface area contributed by atoms with Crippen molar-refractivity contribution in [2.45, 2.75) is 50.8 Å². The summed E-state index contributed by atoms with van der Waals surface area (Å²) in [5, 5.41) is 7.22. The highest BCUT2D eigenvalue weighted by atomic mass is 16.5. The number of nitrogens with zero attached hydrogens (tertiary/aromatic N) is 2. The van der Waals surface area contributed by atoms with Crippen LogP contribution in [0.2, 0.25) is 0 Å². The van der Waals surface area contributed by atoms with Crippen LogP contribution in [-0.4, -0.2) is 23.6 Å². The van der Waals surface area contributed by atoms with E-state index in [1.807, 2.05) is 24.3 Å². The van der Waals surface area contributed by atoms with Gasteiger partial charge in [-0.2, -0.15) is 5.10 Å². The van der Waals surface area contributed by atoms with Crippen LogP contribution in [0, 0.1) is 5.92 Å². The van der Waals surface area contributed by atoms with Crippen molar-refractivity contribution in [3.63, 3.8) is 0 Å². The molecule has 1 aromatic heterocycles. The van der Waals surface area contributed by atoms with E-state index in [9.17, 15) is 0 Å². The first-order valence-electron chi connectivity index (χ1n) is 9.47. The zero-order valence-electron chi connectivity index (χ0n) is 15.3. The molecule has 1 fully saturated rings. The van der Waals surface area contributed by atoms with Gasteiger partial charge in [0.05, 0.1) is 19.4 Å². The molecule has 0 unspecified atom stereocenters. The second kappa shape index (κ2) is 5.79. The van der Waals surface area contributed by atoms with E-state index in [1.165, 1.54) is 0 Å². The maximum Gasteiger partial charge on any atom is 0.198 e. The van der Waals surface area contributed by atoms with Crippen molar-refractivity contribution < 1.29 is 13.9 Å². The summed E-state index contributed by atoms with van der Waals surface area (Å²) >= 11 is 0. The van der Waals surface area contributed by atoms with E-state index < -0.39 is 0 Å². The van der Waals surface area contributed by atoms with Crippen molar-refractivity contribution >= 4 is 5.71 Å². The molecule has 0 bridgehead atoms. The number of methoxy groups -OCH3 is 1. The van der Waals surface area contributed by atoms with Crippen molar-refractivity contribution in [1.29, 1.82) is 0 Å². The van der Waals surface area contributed by atoms with E-state index in [1.54, 1.807) is 13.4 Å². The van der Waals surface area contributed by atoms with Crippen molar-refractivity contribution in [1.82, 2.24) is 5.01 Å². The van der Waals surface area contributed by atoms with Gasteiger partial charge in [-0.15, -0.1) is 0 Å². The van der Waals surface area contributed by atoms with Gasteiger partial charge in [0.15, 0.2) is 17.2 Å². The summed E-state index contributed by atoms with van der Waals surface area (Å²) in [4.78, 5) is 0. The molecule has 2 aliphatic heterocycles. The van der Waals surface area contributed by atoms with Crippen LogP contribution < -0.4 is 9.47 Å². The topological polar surface area (TPSA) is 47.2 Å². The van der Waals surface area contributed by atoms with Crippen LogP contribution in [0.25, 0.3) is 0 Å². The Kier molecular flexibility index (Phi) is 3.52. The third-order valence-electron chi connectivity index (χ3n) is 6.07. The van der Waals surface area contributed by atoms with Crippen LogP contribution in [0.1, 0.15) is 56.4 Å². The van der Waals surface area contributed by atoms with E-state index in [4.69, 9.17) is 19.0 Å². The standard InChI is InChI=1S/C21H24N2O3/c1-14-8-10-21(11-9-14)23-17(13-16(22-23)18-7-4-12-25-18)15-5-3-6-19(24-2)20(15)26-21/h3-7,12,14,17H,8-11,13H2,1-2H3/t14?,17-,21?/m1/s1. The van der Waals surface area contributed by atoms with Gasteiger partial charge < -0.3 is 13.9 Å². The Morgan fingerprint density at radius 3 is 2.77 bits per heavy atom. The first-order valence-corrected chi connectivity index (χ1v) is 9.47. The highest BCUT2D eigenvalue weighted by molar-refractivity contribution is 5.99. The van der Waals surface area contributed by atoms with E-state index in [-0.39, 0.29) is 11.8 Å². The predicted molar refractivity (Wildman–Crippen MR) is 98.4 cm³/mol. The molecule has 5 heteroatoms. The molecular weight excluding hydrogens is 328 g/mol. The first-order chi connectivity index (χ1) is 12.7. The molecule has 5 rings (SSSR count). The zero-order valence-corrected chi connectivity index (χ0v) is 15.3. The van der Waals surface area contributed by atoms with Crippen molar-refractivity contribution in [3.05, 3.63) is 47.9 Å². The Hall–Kier alpha value is -2.43. The summed E-state index contributed by atoms with van der Waals surface area (Å²) in [7, 11) is 1.71. The summed E-state index contributed by atoms with van der Waals surface area (Å²) in [6.45, 7) is 2.32. The van der Waals surface area contributed by atoms with Gasteiger partial charge in [-0.05, 0) is 37.0 Å². The van der Waals surface area contributed by atoms with Gasteiger partial charge in [0, 0.05) is 24.8 Å². The highest BCUT2D eigenvalue weighted by Gasteiger charge is 2.52. The van der Waals surface area contributed by atoms with Gasteiger partial charge in [0.1, 0.15) is 11.5 Å². The number of fused-ring (bicyclic) bond motifs is 4. The largest absolute Gasteiger partial charge is 0.493 e. The normalized spacial score (nSPS) is 29.8. The fraction of sp³-hybridized carbons (Fsp3) is 0.476. The summed E-state index contributed by atoms with van der Waals surface area (Å²) in [5.41, 5.74) is 1.77. The summed E-state index contributed by atoms with van der Waals surface area (Å²) in [6, 6.07) is 10.2. The molecule has 2 aromatic rings. The summed E-state index contributed by atoms with van der Waals surface area (Å²) in [5.74, 6) is 3.29. The SMILES string of the molecule is COc1cccc2c1OC1(CCC(C)CC1)N1N=C(c3ccco3)C[C@H]21. The molecule has 1 spiro atoms. The Bertz CT molecular complexity index is 835. The maximum atomic E-state index is 6.67. The van der Waals surface area contributed by atoms with Gasteiger partial charge >= 0.3 is 0 Å². The van der Waals surface area contributed by atoms with E-state index in [2.05, 4.69) is 18.0 Å². The number of benzene rings is 1. The molecule has 1 atom stereocenters. The molecule has 1 saturated carbocycles. The molecule has 26 heavy (non-hydrogen) atoms. The van der Waals surface area contributed by atoms with Crippen molar-refractivity contribution in [2.24, 2.45) is 11.0 Å². The van der Waals surface area contributed by atoms with Gasteiger partial charge in [-0.25, -0.2) is 5.01 Å². The lowest BCUT2D eigenvalue weighted by Gasteiger charge is -2.50. The zero-order chi connectivity index (χ0) is 17.7. The monoisotopic (exact) mass is 352 g/mol. The number of hydrazone groups is 1. The molecule has 1 aliphatic carbocycles. The van der Waals surface area contributed by atoms with Crippen LogP contribution in [-0.2, 0) is 0 Å². The van der Waals surface area contributed by atoms with Crippen LogP contribution >= 0.6 is 0 Å². The van der Waals surface area contributed by atoms with E-state index >= 15 is 0 Å². The lowest BCUT2D eigenvalue weighted by molar-refractivity contribution is -0.146. The fourth-order valence-corrected chi connectivity index (χ4v) is 4.57. The smallest absolute Gasteiger partial charge is 0.198 e. The number of hydrogen-bond acceptors (Lipinski definition) is 5. The Morgan fingerprint density at radius 2 is 2.04 bits per heavy atom. The Labute approximate surface area is 153 Å². The Balaban J connectivity index is 1.62. The third-order valence-corrected chi connectivity index (χ3v) is 6.07. The van der Waals surface area contributed by atoms with Gasteiger partial charge in [0.25, 0.3) is 0 Å². The second-order valence-corrected chi connectivity index (χ2v) is 7.70. The second-order valence-electron chi connectivity index (χ2n) is 7.70. The molecule has 0 radical (unpaired) electrons. The average molecular weight is 352 g/mol. The minimum Gasteiger partial charge on any atom is -0.493 e. The van der Waals surface area contributed by atoms with E-state index in [0.29, 0.717) is 0 Å². The number of hydrogen-bond donors (Lipinski definition) is 0. The van der Waals surface area contributed by atoms with Crippen LogP contribution in [0.4, 0.5) is 0 Å². The Morgan fingerprint density at radius 1 is 1.19 bits per heavy atom. The highest BCUT2D eigenvalue weighted by Crippen LogP contribution is 2.54. The lowest BCUT2D eigenvalue weighted by Crippen LogP contribution is -2.55. The molecular formula is C21H24N2O3. The van der Waals surface area contributed by atoms with Crippen LogP contribution in [0.5, 0.6) is 11.5 Å². The van der Waals surface area contributed by atoms with E-state index in [0.717, 1.165) is 66.6 Å². The molecule has 136 valence electrons. The number of para-hydroxylation sites is 1. The third kappa shape index (κ3) is 2.26. The molecule has 0 saturated heterocycles. The number of ether oxygens (including phenoxy) is 2. The number of furan rings is 1. The fourth-order valence-electron chi connectivity index (χ4n) is 4.57. The molecule has 3 aliphatic rings. The van der Waals surface area contributed by atoms with Crippen molar-refractivity contribution in [2.75, 3.05) is 7.11 Å². The lowest BCUT2D eigenvalue weighted by atomic mass is 9.82. The quantitative estimate of drug-likeness (QED) is 0.783. The minimum absolute atomic E-state index is 0.169. The van der Waals surface area contributed by atoms with Gasteiger partial charge in [0.2, 0.25) is 0 Å². The number of rotatable bonds is 2. The minimum atomic E-state index is -0.382. The van der Waals surface area contributed by atoms with Gasteiger partial charge in [-0.3, -0.25) is 0 Å². The van der Waals surface area contributed by atoms with Gasteiger partial charge in [-0.1, -0.05) is 19.1 Å². The average Bonchev–Trinajstić information content (AvgIpc) is 3.34. The summed E-state index contributed by atoms with van der Waals surface area (Å²) in [6.07, 6.45) is 6.81. The molecule has 1 aromatic carbocycles. The van der Waals surface area contributed by atoms with Crippen LogP contribution in [0.3, 0.4) is 0 Å². The molecule has 5 nitrogen and oxygen atoms in total. The maximum absolute atomic E-state index is 6.67.